The zero-order valence-electron chi connectivity index (χ0n) is 11.0. The molecule has 0 radical (unpaired) electrons. The maximum atomic E-state index is 9.29. The Morgan fingerprint density at radius 1 is 1.48 bits per heavy atom. The number of nitrogens with two attached hydrogens (primary N) is 1. The van der Waals surface area contributed by atoms with E-state index in [1.807, 2.05) is 18.2 Å². The third-order valence-corrected chi connectivity index (χ3v) is 3.40. The number of allylic oxidation sites excluding steroid dienone is 1. The van der Waals surface area contributed by atoms with Crippen LogP contribution in [0.15, 0.2) is 22.7 Å². The van der Waals surface area contributed by atoms with Crippen LogP contribution in [0.25, 0.3) is 11.6 Å². The Kier molecular flexibility index (Phi) is 4.27. The van der Waals surface area contributed by atoms with E-state index in [1.165, 1.54) is 0 Å². The highest BCUT2D eigenvalue weighted by atomic mass is 79.9. The number of nitrogens with one attached hydrogen (secondary N) is 1. The Bertz CT molecular complexity index is 795. The second kappa shape index (κ2) is 6.12. The number of methoxy groups -OCH3 is 1. The molecule has 0 fully saturated rings. The van der Waals surface area contributed by atoms with E-state index in [0.717, 1.165) is 10.0 Å². The number of ether oxygens (including phenoxy) is 1. The summed E-state index contributed by atoms with van der Waals surface area (Å²) >= 11 is 3.38. The number of nitrogen functional groups attached to an aromatic ring is 1. The normalized spacial score (nSPS) is 10.8. The molecule has 0 atom stereocenters. The molecule has 0 spiro atoms. The van der Waals surface area contributed by atoms with E-state index in [2.05, 4.69) is 26.1 Å². The fourth-order valence-electron chi connectivity index (χ4n) is 1.76. The first-order valence-corrected chi connectivity index (χ1v) is 6.59. The summed E-state index contributed by atoms with van der Waals surface area (Å²) in [6.45, 7) is 0. The zero-order chi connectivity index (χ0) is 15.4. The van der Waals surface area contributed by atoms with Crippen LogP contribution >= 0.6 is 15.9 Å². The number of hydrogen-bond donors (Lipinski definition) is 2. The van der Waals surface area contributed by atoms with Crippen molar-refractivity contribution in [2.24, 2.45) is 0 Å². The van der Waals surface area contributed by atoms with Crippen molar-refractivity contribution in [1.29, 1.82) is 10.5 Å². The van der Waals surface area contributed by atoms with Gasteiger partial charge >= 0.3 is 0 Å². The number of nitriles is 2. The van der Waals surface area contributed by atoms with Crippen LogP contribution in [0, 0.1) is 22.7 Å². The quantitative estimate of drug-likeness (QED) is 0.832. The SMILES string of the molecule is COc1ccc(/C=C(\C#N)c2[nH]nc(N)c2C#N)cc1Br. The Balaban J connectivity index is 2.49. The lowest BCUT2D eigenvalue weighted by Crippen LogP contribution is -1.90. The van der Waals surface area contributed by atoms with E-state index in [-0.39, 0.29) is 17.0 Å². The maximum Gasteiger partial charge on any atom is 0.163 e. The fourth-order valence-corrected chi connectivity index (χ4v) is 2.32. The molecule has 1 aromatic carbocycles. The minimum Gasteiger partial charge on any atom is -0.496 e. The van der Waals surface area contributed by atoms with E-state index in [9.17, 15) is 5.26 Å². The van der Waals surface area contributed by atoms with Gasteiger partial charge in [0.15, 0.2) is 5.82 Å². The lowest BCUT2D eigenvalue weighted by molar-refractivity contribution is 0.412. The van der Waals surface area contributed by atoms with Gasteiger partial charge in [-0.1, -0.05) is 6.07 Å². The lowest BCUT2D eigenvalue weighted by Gasteiger charge is -2.04. The van der Waals surface area contributed by atoms with Gasteiger partial charge in [-0.2, -0.15) is 15.6 Å². The molecule has 1 heterocycles. The number of hydrogen-bond acceptors (Lipinski definition) is 5. The standard InChI is InChI=1S/C14H10BrN5O/c1-21-12-3-2-8(5-11(12)15)4-9(6-16)13-10(7-17)14(18)20-19-13/h2-5H,1H3,(H3,18,19,20)/b9-4+. The molecule has 0 unspecified atom stereocenters. The highest BCUT2D eigenvalue weighted by Gasteiger charge is 2.14. The number of H-pyrrole nitrogens is 1. The molecule has 7 heteroatoms. The summed E-state index contributed by atoms with van der Waals surface area (Å²) in [5.74, 6) is 0.763. The molecule has 0 bridgehead atoms. The monoisotopic (exact) mass is 343 g/mol. The summed E-state index contributed by atoms with van der Waals surface area (Å²) < 4.78 is 5.91. The molecule has 2 rings (SSSR count). The van der Waals surface area contributed by atoms with Crippen LogP contribution in [0.5, 0.6) is 5.75 Å². The van der Waals surface area contributed by atoms with Gasteiger partial charge in [0.25, 0.3) is 0 Å². The highest BCUT2D eigenvalue weighted by molar-refractivity contribution is 9.10. The Labute approximate surface area is 129 Å². The molecular weight excluding hydrogens is 334 g/mol. The van der Waals surface area contributed by atoms with E-state index < -0.39 is 0 Å². The summed E-state index contributed by atoms with van der Waals surface area (Å²) in [7, 11) is 1.57. The molecule has 3 N–H and O–H groups in total. The van der Waals surface area contributed by atoms with Crippen molar-refractivity contribution in [3.8, 4) is 17.9 Å². The van der Waals surface area contributed by atoms with Crippen LogP contribution in [0.2, 0.25) is 0 Å². The number of aromatic amines is 1. The van der Waals surface area contributed by atoms with Gasteiger partial charge in [-0.15, -0.1) is 0 Å². The summed E-state index contributed by atoms with van der Waals surface area (Å²) in [6.07, 6.45) is 1.64. The van der Waals surface area contributed by atoms with Crippen LogP contribution in [0.1, 0.15) is 16.8 Å². The predicted molar refractivity (Wildman–Crippen MR) is 81.9 cm³/mol. The fraction of sp³-hybridized carbons (Fsp3) is 0.0714. The number of anilines is 1. The topological polar surface area (TPSA) is 112 Å². The molecule has 104 valence electrons. The van der Waals surface area contributed by atoms with Crippen molar-refractivity contribution >= 4 is 33.4 Å². The van der Waals surface area contributed by atoms with Gasteiger partial charge in [0.2, 0.25) is 0 Å². The molecule has 0 amide bonds. The van der Waals surface area contributed by atoms with E-state index >= 15 is 0 Å². The molecule has 1 aromatic heterocycles. The molecular formula is C14H10BrN5O. The molecule has 0 aliphatic rings. The van der Waals surface area contributed by atoms with Gasteiger partial charge < -0.3 is 10.5 Å². The van der Waals surface area contributed by atoms with Gasteiger partial charge in [0.05, 0.1) is 22.8 Å². The molecule has 2 aromatic rings. The smallest absolute Gasteiger partial charge is 0.163 e. The largest absolute Gasteiger partial charge is 0.496 e. The highest BCUT2D eigenvalue weighted by Crippen LogP contribution is 2.28. The summed E-state index contributed by atoms with van der Waals surface area (Å²) in [5.41, 5.74) is 7.09. The number of nitrogens with zero attached hydrogens (tertiary/aromatic N) is 3. The molecule has 0 aliphatic carbocycles. The minimum atomic E-state index is 0.0737. The van der Waals surface area contributed by atoms with Gasteiger partial charge in [-0.3, -0.25) is 5.10 Å². The number of benzene rings is 1. The molecule has 0 saturated heterocycles. The van der Waals surface area contributed by atoms with Crippen LogP contribution in [0.3, 0.4) is 0 Å². The van der Waals surface area contributed by atoms with Gasteiger partial charge in [-0.05, 0) is 39.7 Å². The summed E-state index contributed by atoms with van der Waals surface area (Å²) in [5, 5.41) is 24.7. The Morgan fingerprint density at radius 2 is 2.24 bits per heavy atom. The average Bonchev–Trinajstić information content (AvgIpc) is 2.85. The van der Waals surface area contributed by atoms with Crippen molar-refractivity contribution in [3.63, 3.8) is 0 Å². The maximum absolute atomic E-state index is 9.29. The number of aromatic nitrogens is 2. The first-order chi connectivity index (χ1) is 10.1. The molecule has 21 heavy (non-hydrogen) atoms. The Hall–Kier alpha value is -2.77. The Morgan fingerprint density at radius 3 is 2.81 bits per heavy atom. The number of rotatable bonds is 3. The van der Waals surface area contributed by atoms with Crippen LogP contribution in [0.4, 0.5) is 5.82 Å². The second-order valence-corrected chi connectivity index (χ2v) is 4.89. The zero-order valence-corrected chi connectivity index (χ0v) is 12.6. The van der Waals surface area contributed by atoms with Crippen molar-refractivity contribution in [1.82, 2.24) is 10.2 Å². The molecule has 0 saturated carbocycles. The van der Waals surface area contributed by atoms with E-state index in [4.69, 9.17) is 15.7 Å². The summed E-state index contributed by atoms with van der Waals surface area (Å²) in [6, 6.07) is 9.35. The third kappa shape index (κ3) is 2.88. The van der Waals surface area contributed by atoms with Gasteiger partial charge in [0, 0.05) is 0 Å². The number of halogens is 1. The van der Waals surface area contributed by atoms with E-state index in [0.29, 0.717) is 11.4 Å². The van der Waals surface area contributed by atoms with Crippen molar-refractivity contribution in [3.05, 3.63) is 39.5 Å². The van der Waals surface area contributed by atoms with Crippen molar-refractivity contribution in [2.75, 3.05) is 12.8 Å². The van der Waals surface area contributed by atoms with Crippen LogP contribution < -0.4 is 10.5 Å². The van der Waals surface area contributed by atoms with Crippen molar-refractivity contribution in [2.45, 2.75) is 0 Å². The van der Waals surface area contributed by atoms with Gasteiger partial charge in [-0.25, -0.2) is 0 Å². The van der Waals surface area contributed by atoms with Gasteiger partial charge in [0.1, 0.15) is 23.5 Å². The molecule has 6 nitrogen and oxygen atoms in total. The predicted octanol–water partition coefficient (Wildman–Crippen LogP) is 2.70. The third-order valence-electron chi connectivity index (χ3n) is 2.78. The van der Waals surface area contributed by atoms with Crippen molar-refractivity contribution < 1.29 is 4.74 Å². The van der Waals surface area contributed by atoms with Crippen LogP contribution in [-0.2, 0) is 0 Å². The first kappa shape index (κ1) is 14.6. The molecule has 0 aliphatic heterocycles. The summed E-state index contributed by atoms with van der Waals surface area (Å²) in [4.78, 5) is 0. The van der Waals surface area contributed by atoms with E-state index in [1.54, 1.807) is 25.3 Å². The average molecular weight is 344 g/mol. The minimum absolute atomic E-state index is 0.0737. The van der Waals surface area contributed by atoms with Crippen LogP contribution in [-0.4, -0.2) is 17.3 Å². The lowest BCUT2D eigenvalue weighted by atomic mass is 10.1. The first-order valence-electron chi connectivity index (χ1n) is 5.80. The second-order valence-electron chi connectivity index (χ2n) is 4.03.